The number of ether oxygens (including phenoxy) is 2. The lowest BCUT2D eigenvalue weighted by Gasteiger charge is -2.23. The van der Waals surface area contributed by atoms with Crippen LogP contribution in [0.5, 0.6) is 11.5 Å². The number of hydrogen-bond donors (Lipinski definition) is 2. The van der Waals surface area contributed by atoms with Crippen molar-refractivity contribution in [3.63, 3.8) is 0 Å². The van der Waals surface area contributed by atoms with Crippen molar-refractivity contribution in [2.24, 2.45) is 5.73 Å². The highest BCUT2D eigenvalue weighted by Crippen LogP contribution is 2.39. The summed E-state index contributed by atoms with van der Waals surface area (Å²) in [7, 11) is 0. The maximum Gasteiger partial charge on any atom is 0.175 e. The Morgan fingerprint density at radius 3 is 2.95 bits per heavy atom. The molecule has 1 aromatic carbocycles. The van der Waals surface area contributed by atoms with E-state index in [1.807, 2.05) is 19.1 Å². The van der Waals surface area contributed by atoms with Crippen LogP contribution in [0.1, 0.15) is 24.9 Å². The molecule has 0 spiro atoms. The zero-order valence-electron chi connectivity index (χ0n) is 11.7. The minimum Gasteiger partial charge on any atom is -0.486 e. The molecule has 5 heteroatoms. The molecule has 0 saturated heterocycles. The van der Waals surface area contributed by atoms with Crippen LogP contribution < -0.4 is 20.5 Å². The van der Waals surface area contributed by atoms with Crippen molar-refractivity contribution >= 4 is 15.9 Å². The van der Waals surface area contributed by atoms with Crippen molar-refractivity contribution in [1.82, 2.24) is 5.32 Å². The molecule has 1 heterocycles. The lowest BCUT2D eigenvalue weighted by Crippen LogP contribution is -2.29. The number of nitrogens with one attached hydrogen (secondary N) is 1. The SMILES string of the molecule is C/C=C/CCNC(CN)c1cc(Br)c2c(c1)OCCO2. The number of halogens is 1. The summed E-state index contributed by atoms with van der Waals surface area (Å²) in [4.78, 5) is 0. The van der Waals surface area contributed by atoms with E-state index in [1.165, 1.54) is 0 Å². The second kappa shape index (κ2) is 7.67. The van der Waals surface area contributed by atoms with Crippen LogP contribution in [-0.2, 0) is 0 Å². The topological polar surface area (TPSA) is 56.5 Å². The first-order valence-corrected chi connectivity index (χ1v) is 7.69. The molecule has 1 aliphatic heterocycles. The molecule has 0 radical (unpaired) electrons. The molecular formula is C15H21BrN2O2. The van der Waals surface area contributed by atoms with Gasteiger partial charge in [0.25, 0.3) is 0 Å². The van der Waals surface area contributed by atoms with E-state index in [0.29, 0.717) is 19.8 Å². The third kappa shape index (κ3) is 3.75. The van der Waals surface area contributed by atoms with Crippen LogP contribution in [0.15, 0.2) is 28.8 Å². The second-order valence-electron chi connectivity index (χ2n) is 4.63. The molecule has 0 amide bonds. The van der Waals surface area contributed by atoms with Gasteiger partial charge < -0.3 is 20.5 Å². The highest BCUT2D eigenvalue weighted by Gasteiger charge is 2.19. The normalized spacial score (nSPS) is 15.6. The van der Waals surface area contributed by atoms with E-state index in [2.05, 4.69) is 33.4 Å². The van der Waals surface area contributed by atoms with Gasteiger partial charge in [0.15, 0.2) is 11.5 Å². The van der Waals surface area contributed by atoms with Crippen molar-refractivity contribution in [3.8, 4) is 11.5 Å². The molecule has 0 saturated carbocycles. The minimum atomic E-state index is 0.118. The first-order valence-electron chi connectivity index (χ1n) is 6.90. The Balaban J connectivity index is 2.11. The van der Waals surface area contributed by atoms with Crippen LogP contribution in [0.2, 0.25) is 0 Å². The molecule has 0 fully saturated rings. The maximum absolute atomic E-state index is 5.88. The second-order valence-corrected chi connectivity index (χ2v) is 5.48. The summed E-state index contributed by atoms with van der Waals surface area (Å²) in [6.07, 6.45) is 5.19. The fraction of sp³-hybridized carbons (Fsp3) is 0.467. The first-order chi connectivity index (χ1) is 9.76. The van der Waals surface area contributed by atoms with Gasteiger partial charge >= 0.3 is 0 Å². The maximum atomic E-state index is 5.88. The van der Waals surface area contributed by atoms with Crippen LogP contribution in [0.3, 0.4) is 0 Å². The van der Waals surface area contributed by atoms with Gasteiger partial charge in [0.2, 0.25) is 0 Å². The zero-order chi connectivity index (χ0) is 14.4. The van der Waals surface area contributed by atoms with Crippen molar-refractivity contribution in [3.05, 3.63) is 34.3 Å². The molecule has 20 heavy (non-hydrogen) atoms. The molecule has 1 aromatic rings. The number of benzene rings is 1. The summed E-state index contributed by atoms with van der Waals surface area (Å²) < 4.78 is 12.2. The van der Waals surface area contributed by atoms with E-state index in [9.17, 15) is 0 Å². The number of nitrogens with two attached hydrogens (primary N) is 1. The summed E-state index contributed by atoms with van der Waals surface area (Å²) in [5.74, 6) is 1.57. The highest BCUT2D eigenvalue weighted by molar-refractivity contribution is 9.10. The number of rotatable bonds is 6. The summed E-state index contributed by atoms with van der Waals surface area (Å²) in [5, 5.41) is 3.46. The van der Waals surface area contributed by atoms with E-state index < -0.39 is 0 Å². The molecule has 1 unspecified atom stereocenters. The summed E-state index contributed by atoms with van der Waals surface area (Å²) >= 11 is 3.54. The van der Waals surface area contributed by atoms with Crippen LogP contribution >= 0.6 is 15.9 Å². The molecule has 1 atom stereocenters. The largest absolute Gasteiger partial charge is 0.486 e. The molecule has 110 valence electrons. The summed E-state index contributed by atoms with van der Waals surface area (Å²) in [6.45, 7) is 4.65. The van der Waals surface area contributed by atoms with Gasteiger partial charge in [-0.2, -0.15) is 0 Å². The Kier molecular flexibility index (Phi) is 5.88. The van der Waals surface area contributed by atoms with Crippen molar-refractivity contribution < 1.29 is 9.47 Å². The van der Waals surface area contributed by atoms with Crippen molar-refractivity contribution in [1.29, 1.82) is 0 Å². The molecule has 1 aliphatic rings. The smallest absolute Gasteiger partial charge is 0.175 e. The molecule has 0 bridgehead atoms. The average Bonchev–Trinajstić information content (AvgIpc) is 2.47. The van der Waals surface area contributed by atoms with E-state index in [4.69, 9.17) is 15.2 Å². The molecule has 0 aromatic heterocycles. The van der Waals surface area contributed by atoms with Crippen LogP contribution in [0.25, 0.3) is 0 Å². The van der Waals surface area contributed by atoms with Crippen LogP contribution in [0, 0.1) is 0 Å². The monoisotopic (exact) mass is 340 g/mol. The fourth-order valence-electron chi connectivity index (χ4n) is 2.18. The molecule has 3 N–H and O–H groups in total. The number of allylic oxidation sites excluding steroid dienone is 1. The summed E-state index contributed by atoms with van der Waals surface area (Å²) in [5.41, 5.74) is 6.99. The Hall–Kier alpha value is -1.04. The standard InChI is InChI=1S/C15H21BrN2O2/c1-2-3-4-5-18-13(10-17)11-8-12(16)15-14(9-11)19-6-7-20-15/h2-3,8-9,13,18H,4-7,10,17H2,1H3/b3-2+. The van der Waals surface area contributed by atoms with Gasteiger partial charge in [-0.1, -0.05) is 12.2 Å². The fourth-order valence-corrected chi connectivity index (χ4v) is 2.75. The van der Waals surface area contributed by atoms with Crippen molar-refractivity contribution in [2.45, 2.75) is 19.4 Å². The van der Waals surface area contributed by atoms with Gasteiger partial charge in [0.05, 0.1) is 4.47 Å². The van der Waals surface area contributed by atoms with E-state index >= 15 is 0 Å². The Labute approximate surface area is 128 Å². The van der Waals surface area contributed by atoms with Gasteiger partial charge in [-0.3, -0.25) is 0 Å². The van der Waals surface area contributed by atoms with E-state index in [-0.39, 0.29) is 6.04 Å². The Morgan fingerprint density at radius 2 is 2.20 bits per heavy atom. The molecule has 0 aliphatic carbocycles. The molecule has 4 nitrogen and oxygen atoms in total. The number of fused-ring (bicyclic) bond motifs is 1. The number of hydrogen-bond acceptors (Lipinski definition) is 4. The van der Waals surface area contributed by atoms with Gasteiger partial charge in [-0.25, -0.2) is 0 Å². The van der Waals surface area contributed by atoms with Gasteiger partial charge in [0, 0.05) is 12.6 Å². The van der Waals surface area contributed by atoms with E-state index in [1.54, 1.807) is 0 Å². The lowest BCUT2D eigenvalue weighted by molar-refractivity contribution is 0.170. The third-order valence-electron chi connectivity index (χ3n) is 3.19. The molecular weight excluding hydrogens is 320 g/mol. The average molecular weight is 341 g/mol. The lowest BCUT2D eigenvalue weighted by atomic mass is 10.1. The zero-order valence-corrected chi connectivity index (χ0v) is 13.3. The highest BCUT2D eigenvalue weighted by atomic mass is 79.9. The predicted octanol–water partition coefficient (Wildman–Crippen LogP) is 2.78. The third-order valence-corrected chi connectivity index (χ3v) is 3.78. The first kappa shape index (κ1) is 15.4. The van der Waals surface area contributed by atoms with Gasteiger partial charge in [-0.15, -0.1) is 0 Å². The summed E-state index contributed by atoms with van der Waals surface area (Å²) in [6, 6.07) is 4.18. The van der Waals surface area contributed by atoms with Gasteiger partial charge in [-0.05, 0) is 53.5 Å². The van der Waals surface area contributed by atoms with Gasteiger partial charge in [0.1, 0.15) is 13.2 Å². The van der Waals surface area contributed by atoms with Crippen LogP contribution in [0.4, 0.5) is 0 Å². The minimum absolute atomic E-state index is 0.118. The van der Waals surface area contributed by atoms with Crippen LogP contribution in [-0.4, -0.2) is 26.3 Å². The Bertz CT molecular complexity index is 477. The Morgan fingerprint density at radius 1 is 1.40 bits per heavy atom. The predicted molar refractivity (Wildman–Crippen MR) is 84.4 cm³/mol. The molecule has 2 rings (SSSR count). The van der Waals surface area contributed by atoms with E-state index in [0.717, 1.165) is 34.5 Å². The van der Waals surface area contributed by atoms with Crippen molar-refractivity contribution in [2.75, 3.05) is 26.3 Å². The quantitative estimate of drug-likeness (QED) is 0.617.